The Morgan fingerprint density at radius 3 is 2.85 bits per heavy atom. The average molecular weight is 390 g/mol. The van der Waals surface area contributed by atoms with Crippen LogP contribution in [-0.2, 0) is 11.4 Å². The first kappa shape index (κ1) is 19.7. The Hall–Kier alpha value is -2.02. The topological polar surface area (TPSA) is 68.5 Å². The molecule has 1 atom stereocenters. The minimum atomic E-state index is -0.261. The highest BCUT2D eigenvalue weighted by Crippen LogP contribution is 2.27. The normalized spacial score (nSPS) is 16.1. The van der Waals surface area contributed by atoms with Crippen molar-refractivity contribution in [2.45, 2.75) is 69.1 Å². The number of hydrogen-bond acceptors (Lipinski definition) is 6. The van der Waals surface area contributed by atoms with Crippen LogP contribution in [0.2, 0.25) is 0 Å². The Morgan fingerprint density at radius 1 is 1.33 bits per heavy atom. The van der Waals surface area contributed by atoms with Crippen molar-refractivity contribution in [2.75, 3.05) is 7.05 Å². The van der Waals surface area contributed by atoms with Gasteiger partial charge in [0.15, 0.2) is 6.61 Å². The summed E-state index contributed by atoms with van der Waals surface area (Å²) in [5, 5.41) is 8.19. The highest BCUT2D eigenvalue weighted by Gasteiger charge is 2.27. The summed E-state index contributed by atoms with van der Waals surface area (Å²) in [5.74, 6) is 1.28. The summed E-state index contributed by atoms with van der Waals surface area (Å²) >= 11 is 1.30. The van der Waals surface area contributed by atoms with Crippen molar-refractivity contribution in [3.8, 4) is 5.75 Å². The Kier molecular flexibility index (Phi) is 6.77. The van der Waals surface area contributed by atoms with Crippen LogP contribution in [0.25, 0.3) is 0 Å². The number of benzene rings is 1. The molecule has 1 unspecified atom stereocenters. The van der Waals surface area contributed by atoms with Crippen LogP contribution in [-0.4, -0.2) is 39.3 Å². The van der Waals surface area contributed by atoms with E-state index in [9.17, 15) is 4.79 Å². The highest BCUT2D eigenvalue weighted by atomic mass is 32.2. The first-order chi connectivity index (χ1) is 13.0. The Balaban J connectivity index is 1.51. The number of amides is 1. The van der Waals surface area contributed by atoms with Crippen LogP contribution in [0.5, 0.6) is 5.75 Å². The highest BCUT2D eigenvalue weighted by molar-refractivity contribution is 8.00. The molecule has 3 rings (SSSR count). The van der Waals surface area contributed by atoms with Gasteiger partial charge in [0, 0.05) is 13.1 Å². The quantitative estimate of drug-likeness (QED) is 0.660. The van der Waals surface area contributed by atoms with E-state index < -0.39 is 0 Å². The van der Waals surface area contributed by atoms with Gasteiger partial charge in [-0.2, -0.15) is 0 Å². The number of rotatable bonds is 7. The van der Waals surface area contributed by atoms with E-state index in [2.05, 4.69) is 10.2 Å². The first-order valence-electron chi connectivity index (χ1n) is 9.48. The molecule has 1 saturated carbocycles. The maximum atomic E-state index is 12.7. The second-order valence-electron chi connectivity index (χ2n) is 7.07. The summed E-state index contributed by atoms with van der Waals surface area (Å²) in [6.45, 7) is 4.11. The van der Waals surface area contributed by atoms with Gasteiger partial charge in [-0.1, -0.05) is 43.2 Å². The summed E-state index contributed by atoms with van der Waals surface area (Å²) in [7, 11) is 1.91. The van der Waals surface area contributed by atoms with E-state index in [0.29, 0.717) is 17.2 Å². The smallest absolute Gasteiger partial charge is 0.277 e. The molecule has 1 aromatic carbocycles. The van der Waals surface area contributed by atoms with Crippen LogP contribution in [0.15, 0.2) is 33.9 Å². The number of carbonyl (C=O) groups is 1. The van der Waals surface area contributed by atoms with E-state index >= 15 is 0 Å². The van der Waals surface area contributed by atoms with Crippen molar-refractivity contribution < 1.29 is 13.9 Å². The molecule has 146 valence electrons. The average Bonchev–Trinajstić information content (AvgIpc) is 3.13. The molecule has 6 nitrogen and oxygen atoms in total. The minimum Gasteiger partial charge on any atom is -0.484 e. The van der Waals surface area contributed by atoms with Crippen molar-refractivity contribution >= 4 is 17.7 Å². The van der Waals surface area contributed by atoms with Gasteiger partial charge in [0.2, 0.25) is 5.91 Å². The lowest BCUT2D eigenvalue weighted by atomic mass is 9.94. The van der Waals surface area contributed by atoms with E-state index in [1.165, 1.54) is 31.0 Å². The molecule has 0 bridgehead atoms. The third kappa shape index (κ3) is 5.48. The zero-order chi connectivity index (χ0) is 19.2. The van der Waals surface area contributed by atoms with E-state index in [-0.39, 0.29) is 17.8 Å². The van der Waals surface area contributed by atoms with Crippen molar-refractivity contribution in [1.82, 2.24) is 15.1 Å². The fraction of sp³-hybridized carbons (Fsp3) is 0.550. The van der Waals surface area contributed by atoms with Gasteiger partial charge in [0.25, 0.3) is 11.1 Å². The molecule has 2 aromatic rings. The van der Waals surface area contributed by atoms with Gasteiger partial charge in [-0.05, 0) is 44.4 Å². The molecular weight excluding hydrogens is 362 g/mol. The third-order valence-corrected chi connectivity index (χ3v) is 5.82. The number of thioether (sulfide) groups is 1. The lowest BCUT2D eigenvalue weighted by Gasteiger charge is -2.32. The summed E-state index contributed by atoms with van der Waals surface area (Å²) in [4.78, 5) is 14.6. The summed E-state index contributed by atoms with van der Waals surface area (Å²) in [6, 6.07) is 8.15. The predicted molar refractivity (Wildman–Crippen MR) is 105 cm³/mol. The van der Waals surface area contributed by atoms with Gasteiger partial charge in [0.1, 0.15) is 5.75 Å². The van der Waals surface area contributed by atoms with Gasteiger partial charge in [-0.3, -0.25) is 4.79 Å². The molecule has 1 fully saturated rings. The van der Waals surface area contributed by atoms with Crippen LogP contribution in [0.3, 0.4) is 0 Å². The first-order valence-corrected chi connectivity index (χ1v) is 10.4. The molecule has 0 N–H and O–H groups in total. The molecule has 1 heterocycles. The molecule has 1 aliphatic rings. The number of hydrogen-bond donors (Lipinski definition) is 0. The molecule has 1 aliphatic carbocycles. The van der Waals surface area contributed by atoms with Gasteiger partial charge < -0.3 is 14.1 Å². The van der Waals surface area contributed by atoms with Crippen LogP contribution < -0.4 is 4.74 Å². The SMILES string of the molecule is Cc1cccc(OCc2nnc(SC(C)C(=O)N(C)C3CCCCC3)o2)c1. The van der Waals surface area contributed by atoms with Crippen LogP contribution >= 0.6 is 11.8 Å². The molecule has 0 aliphatic heterocycles. The van der Waals surface area contributed by atoms with Gasteiger partial charge in [0.05, 0.1) is 5.25 Å². The standard InChI is InChI=1S/C20H27N3O3S/c1-14-8-7-11-17(12-14)25-13-18-21-22-20(26-18)27-15(2)19(24)23(3)16-9-5-4-6-10-16/h7-8,11-12,15-16H,4-6,9-10,13H2,1-3H3. The molecule has 1 aromatic heterocycles. The number of aromatic nitrogens is 2. The maximum Gasteiger partial charge on any atom is 0.277 e. The molecule has 0 radical (unpaired) electrons. The molecular formula is C20H27N3O3S. The fourth-order valence-electron chi connectivity index (χ4n) is 3.33. The van der Waals surface area contributed by atoms with Gasteiger partial charge in [-0.15, -0.1) is 10.2 Å². The van der Waals surface area contributed by atoms with Crippen LogP contribution in [0, 0.1) is 6.92 Å². The number of aryl methyl sites for hydroxylation is 1. The fourth-order valence-corrected chi connectivity index (χ4v) is 4.13. The van der Waals surface area contributed by atoms with Crippen molar-refractivity contribution in [1.29, 1.82) is 0 Å². The molecule has 0 spiro atoms. The Bertz CT molecular complexity index is 758. The number of ether oxygens (including phenoxy) is 1. The summed E-state index contributed by atoms with van der Waals surface area (Å²) in [6.07, 6.45) is 5.88. The van der Waals surface area contributed by atoms with E-state index in [1.54, 1.807) is 0 Å². The van der Waals surface area contributed by atoms with Crippen molar-refractivity contribution in [2.24, 2.45) is 0 Å². The number of nitrogens with zero attached hydrogens (tertiary/aromatic N) is 3. The van der Waals surface area contributed by atoms with Crippen LogP contribution in [0.1, 0.15) is 50.5 Å². The second kappa shape index (κ2) is 9.26. The Morgan fingerprint density at radius 2 is 2.11 bits per heavy atom. The lowest BCUT2D eigenvalue weighted by molar-refractivity contribution is -0.131. The summed E-state index contributed by atoms with van der Waals surface area (Å²) < 4.78 is 11.3. The van der Waals surface area contributed by atoms with E-state index in [1.807, 2.05) is 50.1 Å². The molecule has 0 saturated heterocycles. The Labute approximate surface area is 164 Å². The maximum absolute atomic E-state index is 12.7. The van der Waals surface area contributed by atoms with Crippen molar-refractivity contribution in [3.05, 3.63) is 35.7 Å². The second-order valence-corrected chi connectivity index (χ2v) is 8.36. The van der Waals surface area contributed by atoms with Crippen LogP contribution in [0.4, 0.5) is 0 Å². The van der Waals surface area contributed by atoms with E-state index in [0.717, 1.165) is 24.2 Å². The molecule has 27 heavy (non-hydrogen) atoms. The number of carbonyl (C=O) groups excluding carboxylic acids is 1. The molecule has 7 heteroatoms. The lowest BCUT2D eigenvalue weighted by Crippen LogP contribution is -2.42. The summed E-state index contributed by atoms with van der Waals surface area (Å²) in [5.41, 5.74) is 1.13. The predicted octanol–water partition coefficient (Wildman–Crippen LogP) is 4.23. The zero-order valence-corrected chi connectivity index (χ0v) is 17.0. The van der Waals surface area contributed by atoms with Gasteiger partial charge >= 0.3 is 0 Å². The van der Waals surface area contributed by atoms with Crippen molar-refractivity contribution in [3.63, 3.8) is 0 Å². The monoisotopic (exact) mass is 389 g/mol. The third-order valence-electron chi connectivity index (χ3n) is 4.90. The molecule has 1 amide bonds. The van der Waals surface area contributed by atoms with Gasteiger partial charge in [-0.25, -0.2) is 0 Å². The largest absolute Gasteiger partial charge is 0.484 e. The minimum absolute atomic E-state index is 0.114. The zero-order valence-electron chi connectivity index (χ0n) is 16.2. The van der Waals surface area contributed by atoms with E-state index in [4.69, 9.17) is 9.15 Å².